The lowest BCUT2D eigenvalue weighted by Crippen LogP contribution is -2.08. The summed E-state index contributed by atoms with van der Waals surface area (Å²) < 4.78 is 5.81. The largest absolute Gasteiger partial charge is 0.463 e. The first-order chi connectivity index (χ1) is 8.04. The number of thioether (sulfide) groups is 1. The third-order valence-electron chi connectivity index (χ3n) is 1.94. The topological polar surface area (TPSA) is 52.3 Å². The fourth-order valence-corrected chi connectivity index (χ4v) is 2.50. The summed E-state index contributed by atoms with van der Waals surface area (Å²) in [6.07, 6.45) is 0. The van der Waals surface area contributed by atoms with Crippen molar-refractivity contribution in [1.29, 1.82) is 0 Å². The molecule has 0 aliphatic heterocycles. The summed E-state index contributed by atoms with van der Waals surface area (Å²) in [5.41, 5.74) is 6.95. The number of nitrogens with two attached hydrogens (primary N) is 1. The van der Waals surface area contributed by atoms with Gasteiger partial charge < -0.3 is 10.5 Å². The molecule has 1 aromatic carbocycles. The zero-order chi connectivity index (χ0) is 12.8. The average Bonchev–Trinajstić information content (AvgIpc) is 2.30. The quantitative estimate of drug-likeness (QED) is 0.392. The molecule has 0 spiro atoms. The molecular formula is C12H14BrNO2S. The molecule has 0 atom stereocenters. The molecule has 0 fully saturated rings. The van der Waals surface area contributed by atoms with Gasteiger partial charge in [0, 0.05) is 26.4 Å². The summed E-state index contributed by atoms with van der Waals surface area (Å²) in [5, 5.41) is 0. The van der Waals surface area contributed by atoms with Gasteiger partial charge in [0.25, 0.3) is 0 Å². The molecule has 17 heavy (non-hydrogen) atoms. The van der Waals surface area contributed by atoms with Crippen LogP contribution in [0.25, 0.3) is 0 Å². The van der Waals surface area contributed by atoms with Crippen molar-refractivity contribution in [3.63, 3.8) is 0 Å². The summed E-state index contributed by atoms with van der Waals surface area (Å²) in [6.45, 7) is 5.82. The molecule has 92 valence electrons. The van der Waals surface area contributed by atoms with Gasteiger partial charge in [-0.2, -0.15) is 0 Å². The number of benzene rings is 1. The van der Waals surface area contributed by atoms with Crippen LogP contribution in [0.3, 0.4) is 0 Å². The summed E-state index contributed by atoms with van der Waals surface area (Å²) >= 11 is 4.84. The molecule has 0 heterocycles. The van der Waals surface area contributed by atoms with Crippen LogP contribution in [0.15, 0.2) is 39.7 Å². The van der Waals surface area contributed by atoms with Crippen molar-refractivity contribution in [3.8, 4) is 0 Å². The van der Waals surface area contributed by atoms with E-state index < -0.39 is 0 Å². The van der Waals surface area contributed by atoms with Gasteiger partial charge in [0.15, 0.2) is 0 Å². The van der Waals surface area contributed by atoms with Crippen molar-refractivity contribution < 1.29 is 9.53 Å². The van der Waals surface area contributed by atoms with Crippen molar-refractivity contribution in [2.75, 3.05) is 18.1 Å². The highest BCUT2D eigenvalue weighted by Crippen LogP contribution is 2.29. The average molecular weight is 316 g/mol. The molecule has 0 radical (unpaired) electrons. The molecule has 3 nitrogen and oxygen atoms in total. The highest BCUT2D eigenvalue weighted by Gasteiger charge is 2.09. The second kappa shape index (κ2) is 6.71. The number of anilines is 1. The predicted octanol–water partition coefficient (Wildman–Crippen LogP) is 3.24. The van der Waals surface area contributed by atoms with Crippen LogP contribution in [0.2, 0.25) is 0 Å². The second-order valence-electron chi connectivity index (χ2n) is 3.29. The van der Waals surface area contributed by atoms with E-state index in [0.29, 0.717) is 23.6 Å². The highest BCUT2D eigenvalue weighted by atomic mass is 79.9. The van der Waals surface area contributed by atoms with Crippen LogP contribution in [0.5, 0.6) is 0 Å². The van der Waals surface area contributed by atoms with E-state index >= 15 is 0 Å². The van der Waals surface area contributed by atoms with Gasteiger partial charge in [0.1, 0.15) is 0 Å². The van der Waals surface area contributed by atoms with Crippen LogP contribution in [0.4, 0.5) is 5.69 Å². The van der Waals surface area contributed by atoms with Crippen molar-refractivity contribution in [3.05, 3.63) is 34.8 Å². The third-order valence-corrected chi connectivity index (χ3v) is 3.59. The monoisotopic (exact) mass is 315 g/mol. The van der Waals surface area contributed by atoms with E-state index in [4.69, 9.17) is 10.5 Å². The number of nitrogen functional groups attached to an aromatic ring is 1. The van der Waals surface area contributed by atoms with Crippen LogP contribution in [0.1, 0.15) is 6.92 Å². The van der Waals surface area contributed by atoms with E-state index in [-0.39, 0.29) is 5.97 Å². The van der Waals surface area contributed by atoms with E-state index in [2.05, 4.69) is 22.5 Å². The minimum Gasteiger partial charge on any atom is -0.463 e. The summed E-state index contributed by atoms with van der Waals surface area (Å²) in [5.74, 6) is 0.119. The fraction of sp³-hybridized carbons (Fsp3) is 0.250. The van der Waals surface area contributed by atoms with E-state index in [9.17, 15) is 4.79 Å². The van der Waals surface area contributed by atoms with Crippen molar-refractivity contribution >= 4 is 39.3 Å². The zero-order valence-electron chi connectivity index (χ0n) is 9.53. The Bertz CT molecular complexity index is 435. The SMILES string of the molecule is C=C(CSc1cc(Br)ccc1N)C(=O)OCC. The zero-order valence-corrected chi connectivity index (χ0v) is 11.9. The first-order valence-electron chi connectivity index (χ1n) is 5.07. The third kappa shape index (κ3) is 4.44. The van der Waals surface area contributed by atoms with Gasteiger partial charge in [-0.3, -0.25) is 0 Å². The Balaban J connectivity index is 2.58. The van der Waals surface area contributed by atoms with Crippen LogP contribution in [-0.4, -0.2) is 18.3 Å². The first-order valence-corrected chi connectivity index (χ1v) is 6.85. The van der Waals surface area contributed by atoms with E-state index in [1.165, 1.54) is 11.8 Å². The lowest BCUT2D eigenvalue weighted by atomic mass is 10.3. The first kappa shape index (κ1) is 14.1. The maximum atomic E-state index is 11.3. The molecule has 5 heteroatoms. The number of esters is 1. The smallest absolute Gasteiger partial charge is 0.334 e. The molecule has 0 aliphatic carbocycles. The maximum absolute atomic E-state index is 11.3. The number of carbonyl (C=O) groups excluding carboxylic acids is 1. The molecule has 0 saturated carbocycles. The van der Waals surface area contributed by atoms with Crippen molar-refractivity contribution in [2.24, 2.45) is 0 Å². The molecule has 1 rings (SSSR count). The Kier molecular flexibility index (Phi) is 5.58. The molecule has 0 aliphatic rings. The summed E-state index contributed by atoms with van der Waals surface area (Å²) in [6, 6.07) is 5.61. The maximum Gasteiger partial charge on any atom is 0.334 e. The van der Waals surface area contributed by atoms with Crippen LogP contribution < -0.4 is 5.73 Å². The molecule has 0 bridgehead atoms. The minimum atomic E-state index is -0.353. The Morgan fingerprint density at radius 1 is 1.59 bits per heavy atom. The van der Waals surface area contributed by atoms with E-state index in [1.807, 2.05) is 18.2 Å². The molecule has 0 unspecified atom stereocenters. The van der Waals surface area contributed by atoms with Crippen LogP contribution in [0, 0.1) is 0 Å². The van der Waals surface area contributed by atoms with Gasteiger partial charge in [-0.1, -0.05) is 22.5 Å². The minimum absolute atomic E-state index is 0.353. The van der Waals surface area contributed by atoms with Crippen LogP contribution in [-0.2, 0) is 9.53 Å². The predicted molar refractivity (Wildman–Crippen MR) is 75.1 cm³/mol. The Labute approximate surface area is 114 Å². The molecule has 2 N–H and O–H groups in total. The van der Waals surface area contributed by atoms with Gasteiger partial charge in [-0.05, 0) is 25.1 Å². The van der Waals surface area contributed by atoms with E-state index in [1.54, 1.807) is 6.92 Å². The van der Waals surface area contributed by atoms with Gasteiger partial charge in [-0.25, -0.2) is 4.79 Å². The molecule has 0 saturated heterocycles. The Hall–Kier alpha value is -0.940. The summed E-state index contributed by atoms with van der Waals surface area (Å²) in [7, 11) is 0. The Morgan fingerprint density at radius 2 is 2.29 bits per heavy atom. The van der Waals surface area contributed by atoms with Crippen molar-refractivity contribution in [1.82, 2.24) is 0 Å². The standard InChI is InChI=1S/C12H14BrNO2S/c1-3-16-12(15)8(2)7-17-11-6-9(13)4-5-10(11)14/h4-6H,2-3,7,14H2,1H3. The van der Waals surface area contributed by atoms with Crippen molar-refractivity contribution in [2.45, 2.75) is 11.8 Å². The molecule has 0 amide bonds. The number of hydrogen-bond acceptors (Lipinski definition) is 4. The van der Waals surface area contributed by atoms with Gasteiger partial charge in [-0.15, -0.1) is 11.8 Å². The number of carbonyl (C=O) groups is 1. The van der Waals surface area contributed by atoms with Crippen LogP contribution >= 0.6 is 27.7 Å². The number of rotatable bonds is 5. The van der Waals surface area contributed by atoms with Gasteiger partial charge in [0.2, 0.25) is 0 Å². The van der Waals surface area contributed by atoms with Gasteiger partial charge in [0.05, 0.1) is 6.61 Å². The summed E-state index contributed by atoms with van der Waals surface area (Å²) in [4.78, 5) is 12.3. The lowest BCUT2D eigenvalue weighted by molar-refractivity contribution is -0.138. The molecule has 1 aromatic rings. The normalized spacial score (nSPS) is 10.0. The molecule has 0 aromatic heterocycles. The number of halogens is 1. The fourth-order valence-electron chi connectivity index (χ4n) is 1.09. The highest BCUT2D eigenvalue weighted by molar-refractivity contribution is 9.10. The second-order valence-corrected chi connectivity index (χ2v) is 5.23. The molecular weight excluding hydrogens is 302 g/mol. The number of hydrogen-bond donors (Lipinski definition) is 1. The van der Waals surface area contributed by atoms with Gasteiger partial charge >= 0.3 is 5.97 Å². The lowest BCUT2D eigenvalue weighted by Gasteiger charge is -2.07. The number of ether oxygens (including phenoxy) is 1. The Morgan fingerprint density at radius 3 is 2.94 bits per heavy atom. The van der Waals surface area contributed by atoms with E-state index in [0.717, 1.165) is 9.37 Å².